The number of hydrazine groups is 1. The highest BCUT2D eigenvalue weighted by Crippen LogP contribution is 2.23. The van der Waals surface area contributed by atoms with Gasteiger partial charge in [0.25, 0.3) is 5.91 Å². The molecule has 5 heteroatoms. The van der Waals surface area contributed by atoms with Gasteiger partial charge in [-0.1, -0.05) is 25.1 Å². The lowest BCUT2D eigenvalue weighted by Gasteiger charge is -2.19. The lowest BCUT2D eigenvalue weighted by molar-refractivity contribution is -0.123. The zero-order chi connectivity index (χ0) is 14.4. The molecule has 0 fully saturated rings. The Kier molecular flexibility index (Phi) is 5.47. The predicted octanol–water partition coefficient (Wildman–Crippen LogP) is 3.15. The van der Waals surface area contributed by atoms with Gasteiger partial charge in [-0.2, -0.15) is 0 Å². The van der Waals surface area contributed by atoms with Crippen molar-refractivity contribution in [2.24, 2.45) is 5.92 Å². The molecule has 20 heavy (non-hydrogen) atoms. The van der Waals surface area contributed by atoms with Crippen LogP contribution in [-0.2, 0) is 4.79 Å². The normalized spacial score (nSPS) is 18.1. The Morgan fingerprint density at radius 2 is 2.25 bits per heavy atom. The monoisotopic (exact) mass is 338 g/mol. The van der Waals surface area contributed by atoms with Crippen LogP contribution >= 0.6 is 15.9 Å². The summed E-state index contributed by atoms with van der Waals surface area (Å²) in [5.74, 6) is 1.20. The van der Waals surface area contributed by atoms with Crippen LogP contribution in [-0.4, -0.2) is 12.5 Å². The number of hydrogen-bond acceptors (Lipinski definition) is 3. The van der Waals surface area contributed by atoms with Crippen molar-refractivity contribution in [3.8, 4) is 5.75 Å². The summed E-state index contributed by atoms with van der Waals surface area (Å²) in [4.78, 5) is 11.7. The number of carbonyl (C=O) groups excluding carboxylic acids is 1. The van der Waals surface area contributed by atoms with Crippen molar-refractivity contribution >= 4 is 21.8 Å². The molecule has 0 radical (unpaired) electrons. The Balaban J connectivity index is 1.72. The first kappa shape index (κ1) is 14.9. The van der Waals surface area contributed by atoms with Gasteiger partial charge in [-0.05, 0) is 53.2 Å². The van der Waals surface area contributed by atoms with Gasteiger partial charge >= 0.3 is 0 Å². The van der Waals surface area contributed by atoms with E-state index < -0.39 is 0 Å². The van der Waals surface area contributed by atoms with Crippen molar-refractivity contribution in [3.63, 3.8) is 0 Å². The van der Waals surface area contributed by atoms with Crippen molar-refractivity contribution in [3.05, 3.63) is 40.5 Å². The van der Waals surface area contributed by atoms with Crippen LogP contribution in [0, 0.1) is 5.92 Å². The van der Waals surface area contributed by atoms with Crippen LogP contribution in [0.5, 0.6) is 5.75 Å². The van der Waals surface area contributed by atoms with E-state index in [4.69, 9.17) is 4.74 Å². The maximum Gasteiger partial charge on any atom is 0.276 e. The average Bonchev–Trinajstić information content (AvgIpc) is 2.46. The van der Waals surface area contributed by atoms with E-state index in [1.807, 2.05) is 24.3 Å². The van der Waals surface area contributed by atoms with Gasteiger partial charge in [0.15, 0.2) is 6.61 Å². The molecule has 0 bridgehead atoms. The Morgan fingerprint density at radius 1 is 1.45 bits per heavy atom. The largest absolute Gasteiger partial charge is 0.483 e. The molecule has 4 nitrogen and oxygen atoms in total. The highest BCUT2D eigenvalue weighted by molar-refractivity contribution is 9.10. The minimum atomic E-state index is -0.194. The summed E-state index contributed by atoms with van der Waals surface area (Å²) in [7, 11) is 0. The Hall–Kier alpha value is -1.49. The van der Waals surface area contributed by atoms with E-state index in [1.165, 1.54) is 0 Å². The molecule has 0 spiro atoms. The van der Waals surface area contributed by atoms with Gasteiger partial charge in [0.1, 0.15) is 5.75 Å². The van der Waals surface area contributed by atoms with Gasteiger partial charge in [0, 0.05) is 5.70 Å². The molecule has 2 N–H and O–H groups in total. The summed E-state index contributed by atoms with van der Waals surface area (Å²) in [6, 6.07) is 7.45. The number of nitrogens with one attached hydrogen (secondary N) is 2. The standard InChI is InChI=1S/C15H19BrN2O2/c1-11-6-8-12(9-7-11)17-18-15(19)10-20-14-5-3-2-4-13(14)16/h2-5,8,11,17H,6-7,9-10H2,1H3,(H,18,19). The van der Waals surface area contributed by atoms with Crippen LogP contribution in [0.4, 0.5) is 0 Å². The predicted molar refractivity (Wildman–Crippen MR) is 82.0 cm³/mol. The van der Waals surface area contributed by atoms with Crippen LogP contribution in [0.15, 0.2) is 40.5 Å². The third-order valence-electron chi connectivity index (χ3n) is 3.23. The summed E-state index contributed by atoms with van der Waals surface area (Å²) in [5.41, 5.74) is 6.70. The minimum absolute atomic E-state index is 0.0146. The fraction of sp³-hybridized carbons (Fsp3) is 0.400. The summed E-state index contributed by atoms with van der Waals surface area (Å²) >= 11 is 3.37. The second-order valence-corrected chi connectivity index (χ2v) is 5.86. The zero-order valence-electron chi connectivity index (χ0n) is 11.5. The van der Waals surface area contributed by atoms with Crippen LogP contribution in [0.3, 0.4) is 0 Å². The summed E-state index contributed by atoms with van der Waals surface area (Å²) in [6.07, 6.45) is 5.34. The number of halogens is 1. The van der Waals surface area contributed by atoms with Gasteiger partial charge in [-0.25, -0.2) is 0 Å². The lowest BCUT2D eigenvalue weighted by atomic mass is 9.95. The van der Waals surface area contributed by atoms with Crippen LogP contribution in [0.25, 0.3) is 0 Å². The van der Waals surface area contributed by atoms with Crippen molar-refractivity contribution < 1.29 is 9.53 Å². The molecule has 1 amide bonds. The molecule has 0 aliphatic heterocycles. The second-order valence-electron chi connectivity index (χ2n) is 5.00. The third kappa shape index (κ3) is 4.56. The number of amides is 1. The molecule has 0 saturated heterocycles. The van der Waals surface area contributed by atoms with Gasteiger partial charge in [0.05, 0.1) is 4.47 Å². The highest BCUT2D eigenvalue weighted by Gasteiger charge is 2.10. The Bertz CT molecular complexity index is 502. The summed E-state index contributed by atoms with van der Waals surface area (Å²) < 4.78 is 6.27. The molecule has 1 aromatic rings. The topological polar surface area (TPSA) is 50.4 Å². The smallest absolute Gasteiger partial charge is 0.276 e. The molecular formula is C15H19BrN2O2. The Morgan fingerprint density at radius 3 is 2.95 bits per heavy atom. The quantitative estimate of drug-likeness (QED) is 0.811. The maximum absolute atomic E-state index is 11.7. The number of carbonyl (C=O) groups is 1. The van der Waals surface area contributed by atoms with Crippen LogP contribution in [0.1, 0.15) is 26.2 Å². The second kappa shape index (κ2) is 7.33. The zero-order valence-corrected chi connectivity index (χ0v) is 13.1. The highest BCUT2D eigenvalue weighted by atomic mass is 79.9. The van der Waals surface area contributed by atoms with E-state index in [2.05, 4.69) is 39.8 Å². The first-order chi connectivity index (χ1) is 9.65. The van der Waals surface area contributed by atoms with E-state index in [0.29, 0.717) is 5.75 Å². The lowest BCUT2D eigenvalue weighted by Crippen LogP contribution is -2.40. The van der Waals surface area contributed by atoms with E-state index in [-0.39, 0.29) is 12.5 Å². The molecule has 108 valence electrons. The van der Waals surface area contributed by atoms with E-state index in [0.717, 1.165) is 35.4 Å². The number of benzene rings is 1. The van der Waals surface area contributed by atoms with Crippen molar-refractivity contribution in [1.29, 1.82) is 0 Å². The summed E-state index contributed by atoms with van der Waals surface area (Å²) in [5, 5.41) is 0. The minimum Gasteiger partial charge on any atom is -0.483 e. The average molecular weight is 339 g/mol. The first-order valence-electron chi connectivity index (χ1n) is 6.76. The van der Waals surface area contributed by atoms with E-state index in [9.17, 15) is 4.79 Å². The summed E-state index contributed by atoms with van der Waals surface area (Å²) in [6.45, 7) is 2.22. The molecule has 0 aromatic heterocycles. The molecule has 0 heterocycles. The molecule has 1 aliphatic rings. The number of hydrogen-bond donors (Lipinski definition) is 2. The van der Waals surface area contributed by atoms with Gasteiger partial charge in [-0.15, -0.1) is 0 Å². The van der Waals surface area contributed by atoms with Gasteiger partial charge < -0.3 is 10.2 Å². The molecule has 1 aromatic carbocycles. The van der Waals surface area contributed by atoms with E-state index >= 15 is 0 Å². The number of para-hydroxylation sites is 1. The van der Waals surface area contributed by atoms with Gasteiger partial charge in [-0.3, -0.25) is 10.2 Å². The fourth-order valence-electron chi connectivity index (χ4n) is 1.97. The number of rotatable bonds is 5. The van der Waals surface area contributed by atoms with Crippen molar-refractivity contribution in [2.75, 3.05) is 6.61 Å². The maximum atomic E-state index is 11.7. The van der Waals surface area contributed by atoms with Crippen LogP contribution < -0.4 is 15.6 Å². The number of allylic oxidation sites excluding steroid dienone is 2. The molecule has 2 rings (SSSR count). The van der Waals surface area contributed by atoms with E-state index in [1.54, 1.807) is 0 Å². The molecule has 0 saturated carbocycles. The third-order valence-corrected chi connectivity index (χ3v) is 3.89. The molecule has 1 atom stereocenters. The molecular weight excluding hydrogens is 320 g/mol. The SMILES string of the molecule is CC1CC=C(NNC(=O)COc2ccccc2Br)CC1. The first-order valence-corrected chi connectivity index (χ1v) is 7.55. The fourth-order valence-corrected chi connectivity index (χ4v) is 2.37. The molecule has 1 aliphatic carbocycles. The Labute approximate surface area is 127 Å². The van der Waals surface area contributed by atoms with Crippen molar-refractivity contribution in [1.82, 2.24) is 10.9 Å². The van der Waals surface area contributed by atoms with Crippen molar-refractivity contribution in [2.45, 2.75) is 26.2 Å². The van der Waals surface area contributed by atoms with Crippen LogP contribution in [0.2, 0.25) is 0 Å². The molecule has 1 unspecified atom stereocenters. The van der Waals surface area contributed by atoms with Gasteiger partial charge in [0.2, 0.25) is 0 Å². The number of ether oxygens (including phenoxy) is 1.